The van der Waals surface area contributed by atoms with E-state index in [1.165, 1.54) is 0 Å². The molecule has 1 aromatic carbocycles. The summed E-state index contributed by atoms with van der Waals surface area (Å²) in [6.07, 6.45) is 3.62. The van der Waals surface area contributed by atoms with Crippen LogP contribution in [0.5, 0.6) is 0 Å². The second kappa shape index (κ2) is 6.67. The fourth-order valence-corrected chi connectivity index (χ4v) is 3.78. The standard InChI is InChI=1S/C21H22FN5O/c1-13-10-26(11-13)12-16-7-6-15(9-18(16)22)17-3-2-8-27-19(17)23-21(25-27)24-20(28)14-4-5-14/h2-3,6-9,13-14H,4-5,10-12H2,1H3,(H,24,25,28). The van der Waals surface area contributed by atoms with Gasteiger partial charge in [-0.3, -0.25) is 15.0 Å². The van der Waals surface area contributed by atoms with Crippen LogP contribution in [-0.2, 0) is 11.3 Å². The highest BCUT2D eigenvalue weighted by molar-refractivity contribution is 5.93. The van der Waals surface area contributed by atoms with Gasteiger partial charge in [-0.15, -0.1) is 5.10 Å². The third-order valence-corrected chi connectivity index (χ3v) is 5.44. The van der Waals surface area contributed by atoms with Crippen LogP contribution in [0.2, 0.25) is 0 Å². The molecule has 5 rings (SSSR count). The predicted octanol–water partition coefficient (Wildman–Crippen LogP) is 3.34. The van der Waals surface area contributed by atoms with E-state index >= 15 is 0 Å². The molecule has 144 valence electrons. The molecule has 1 N–H and O–H groups in total. The van der Waals surface area contributed by atoms with Crippen LogP contribution in [-0.4, -0.2) is 38.5 Å². The number of rotatable bonds is 5. The molecule has 0 radical (unpaired) electrons. The van der Waals surface area contributed by atoms with E-state index in [1.54, 1.807) is 16.8 Å². The zero-order valence-electron chi connectivity index (χ0n) is 15.7. The molecule has 1 amide bonds. The summed E-state index contributed by atoms with van der Waals surface area (Å²) in [7, 11) is 0. The minimum atomic E-state index is -0.208. The number of likely N-dealkylation sites (tertiary alicyclic amines) is 1. The number of fused-ring (bicyclic) bond motifs is 1. The molecule has 0 bridgehead atoms. The first-order valence-corrected chi connectivity index (χ1v) is 9.74. The average molecular weight is 379 g/mol. The van der Waals surface area contributed by atoms with Gasteiger partial charge >= 0.3 is 0 Å². The highest BCUT2D eigenvalue weighted by Crippen LogP contribution is 2.31. The summed E-state index contributed by atoms with van der Waals surface area (Å²) < 4.78 is 16.3. The number of carbonyl (C=O) groups is 1. The fraction of sp³-hybridized carbons (Fsp3) is 0.381. The van der Waals surface area contributed by atoms with Crippen molar-refractivity contribution in [3.63, 3.8) is 0 Å². The van der Waals surface area contributed by atoms with Gasteiger partial charge in [0.05, 0.1) is 0 Å². The summed E-state index contributed by atoms with van der Waals surface area (Å²) in [4.78, 5) is 18.7. The van der Waals surface area contributed by atoms with Gasteiger partial charge in [-0.2, -0.15) is 4.98 Å². The van der Waals surface area contributed by atoms with E-state index in [0.29, 0.717) is 23.7 Å². The van der Waals surface area contributed by atoms with E-state index in [9.17, 15) is 9.18 Å². The third kappa shape index (κ3) is 3.26. The second-order valence-electron chi connectivity index (χ2n) is 7.99. The minimum Gasteiger partial charge on any atom is -0.298 e. The lowest BCUT2D eigenvalue weighted by molar-refractivity contribution is -0.117. The number of hydrogen-bond acceptors (Lipinski definition) is 4. The minimum absolute atomic E-state index is 0.0341. The number of aromatic nitrogens is 3. The van der Waals surface area contributed by atoms with Crippen LogP contribution in [0.25, 0.3) is 16.8 Å². The molecule has 2 fully saturated rings. The van der Waals surface area contributed by atoms with E-state index in [0.717, 1.165) is 37.1 Å². The Morgan fingerprint density at radius 1 is 1.29 bits per heavy atom. The third-order valence-electron chi connectivity index (χ3n) is 5.44. The maximum atomic E-state index is 14.7. The summed E-state index contributed by atoms with van der Waals surface area (Å²) >= 11 is 0. The number of anilines is 1. The SMILES string of the molecule is CC1CN(Cc2ccc(-c3cccn4nc(NC(=O)C5CC5)nc34)cc2F)C1. The monoisotopic (exact) mass is 379 g/mol. The molecule has 28 heavy (non-hydrogen) atoms. The van der Waals surface area contributed by atoms with Gasteiger partial charge < -0.3 is 0 Å². The summed E-state index contributed by atoms with van der Waals surface area (Å²) in [6, 6.07) is 9.07. The zero-order valence-corrected chi connectivity index (χ0v) is 15.7. The number of nitrogens with zero attached hydrogens (tertiary/aromatic N) is 4. The predicted molar refractivity (Wildman–Crippen MR) is 104 cm³/mol. The molecular weight excluding hydrogens is 357 g/mol. The van der Waals surface area contributed by atoms with Crippen LogP contribution in [0.3, 0.4) is 0 Å². The van der Waals surface area contributed by atoms with Crippen LogP contribution in [0.1, 0.15) is 25.3 Å². The number of amides is 1. The maximum absolute atomic E-state index is 14.7. The molecule has 6 nitrogen and oxygen atoms in total. The van der Waals surface area contributed by atoms with E-state index < -0.39 is 0 Å². The van der Waals surface area contributed by atoms with Crippen molar-refractivity contribution < 1.29 is 9.18 Å². The molecule has 2 aliphatic rings. The van der Waals surface area contributed by atoms with Gasteiger partial charge in [0.2, 0.25) is 11.9 Å². The largest absolute Gasteiger partial charge is 0.298 e. The lowest BCUT2D eigenvalue weighted by Crippen LogP contribution is -2.44. The Morgan fingerprint density at radius 3 is 2.82 bits per heavy atom. The van der Waals surface area contributed by atoms with Crippen molar-refractivity contribution in [2.24, 2.45) is 11.8 Å². The Morgan fingerprint density at radius 2 is 2.11 bits per heavy atom. The molecule has 2 aromatic heterocycles. The summed E-state index contributed by atoms with van der Waals surface area (Å²) in [5.74, 6) is 0.826. The highest BCUT2D eigenvalue weighted by Gasteiger charge is 2.30. The number of halogens is 1. The normalized spacial score (nSPS) is 17.6. The summed E-state index contributed by atoms with van der Waals surface area (Å²) in [6.45, 7) is 4.89. The van der Waals surface area contributed by atoms with Crippen LogP contribution in [0.15, 0.2) is 36.5 Å². The first-order chi connectivity index (χ1) is 13.6. The first kappa shape index (κ1) is 17.3. The van der Waals surface area contributed by atoms with Crippen LogP contribution < -0.4 is 5.32 Å². The van der Waals surface area contributed by atoms with Gasteiger partial charge in [0.25, 0.3) is 0 Å². The number of hydrogen-bond donors (Lipinski definition) is 1. The van der Waals surface area contributed by atoms with Gasteiger partial charge in [0, 0.05) is 42.9 Å². The number of benzene rings is 1. The number of carbonyl (C=O) groups excluding carboxylic acids is 1. The summed E-state index contributed by atoms with van der Waals surface area (Å²) in [5.41, 5.74) is 2.83. The molecule has 1 saturated carbocycles. The zero-order chi connectivity index (χ0) is 19.3. The Balaban J connectivity index is 1.42. The first-order valence-electron chi connectivity index (χ1n) is 9.74. The van der Waals surface area contributed by atoms with Gasteiger partial charge in [-0.25, -0.2) is 8.91 Å². The number of nitrogens with one attached hydrogen (secondary N) is 1. The molecule has 0 atom stereocenters. The maximum Gasteiger partial charge on any atom is 0.249 e. The van der Waals surface area contributed by atoms with Crippen molar-refractivity contribution in [2.45, 2.75) is 26.3 Å². The van der Waals surface area contributed by atoms with Crippen molar-refractivity contribution in [2.75, 3.05) is 18.4 Å². The van der Waals surface area contributed by atoms with E-state index in [4.69, 9.17) is 0 Å². The van der Waals surface area contributed by atoms with Crippen molar-refractivity contribution >= 4 is 17.5 Å². The molecule has 7 heteroatoms. The Hall–Kier alpha value is -2.80. The molecule has 1 aliphatic heterocycles. The highest BCUT2D eigenvalue weighted by atomic mass is 19.1. The number of pyridine rings is 1. The Kier molecular flexibility index (Phi) is 4.12. The van der Waals surface area contributed by atoms with Crippen molar-refractivity contribution in [1.29, 1.82) is 0 Å². The topological polar surface area (TPSA) is 62.5 Å². The van der Waals surface area contributed by atoms with Crippen molar-refractivity contribution in [1.82, 2.24) is 19.5 Å². The Labute approximate surface area is 162 Å². The van der Waals surface area contributed by atoms with Crippen LogP contribution >= 0.6 is 0 Å². The molecular formula is C21H22FN5O. The van der Waals surface area contributed by atoms with Crippen molar-refractivity contribution in [3.8, 4) is 11.1 Å². The van der Waals surface area contributed by atoms with Crippen LogP contribution in [0.4, 0.5) is 10.3 Å². The van der Waals surface area contributed by atoms with E-state index in [1.807, 2.05) is 24.3 Å². The molecule has 3 heterocycles. The molecule has 3 aromatic rings. The lowest BCUT2D eigenvalue weighted by Gasteiger charge is -2.37. The van der Waals surface area contributed by atoms with Crippen molar-refractivity contribution in [3.05, 3.63) is 47.9 Å². The quantitative estimate of drug-likeness (QED) is 0.739. The smallest absolute Gasteiger partial charge is 0.249 e. The Bertz CT molecular complexity index is 1050. The average Bonchev–Trinajstić information content (AvgIpc) is 3.42. The molecule has 1 saturated heterocycles. The van der Waals surface area contributed by atoms with Gasteiger partial charge in [-0.05, 0) is 42.5 Å². The molecule has 1 aliphatic carbocycles. The van der Waals surface area contributed by atoms with Gasteiger partial charge in [-0.1, -0.05) is 19.1 Å². The second-order valence-corrected chi connectivity index (χ2v) is 7.99. The van der Waals surface area contributed by atoms with Crippen LogP contribution in [0, 0.1) is 17.7 Å². The van der Waals surface area contributed by atoms with Gasteiger partial charge in [0.15, 0.2) is 5.65 Å². The van der Waals surface area contributed by atoms with Gasteiger partial charge in [0.1, 0.15) is 5.82 Å². The van der Waals surface area contributed by atoms with E-state index in [2.05, 4.69) is 27.2 Å². The molecule has 0 spiro atoms. The summed E-state index contributed by atoms with van der Waals surface area (Å²) in [5, 5.41) is 7.10. The molecule has 0 unspecified atom stereocenters. The van der Waals surface area contributed by atoms with E-state index in [-0.39, 0.29) is 23.6 Å². The fourth-order valence-electron chi connectivity index (χ4n) is 3.78. The lowest BCUT2D eigenvalue weighted by atomic mass is 10.00.